The van der Waals surface area contributed by atoms with Gasteiger partial charge >= 0.3 is 0 Å². The summed E-state index contributed by atoms with van der Waals surface area (Å²) in [5.74, 6) is 0.974. The van der Waals surface area contributed by atoms with Crippen molar-refractivity contribution in [2.45, 2.75) is 13.8 Å². The van der Waals surface area contributed by atoms with Crippen LogP contribution in [0.3, 0.4) is 0 Å². The molecule has 0 saturated heterocycles. The summed E-state index contributed by atoms with van der Waals surface area (Å²) in [6.45, 7) is 4.96. The van der Waals surface area contributed by atoms with E-state index in [1.807, 2.05) is 23.7 Å². The minimum atomic E-state index is 0.461. The summed E-state index contributed by atoms with van der Waals surface area (Å²) in [6, 6.07) is 5.97. The fourth-order valence-corrected chi connectivity index (χ4v) is 2.12. The van der Waals surface area contributed by atoms with E-state index in [1.54, 1.807) is 11.3 Å². The summed E-state index contributed by atoms with van der Waals surface area (Å²) in [5.41, 5.74) is 9.60. The summed E-state index contributed by atoms with van der Waals surface area (Å²) in [6.07, 6.45) is 0. The van der Waals surface area contributed by atoms with Crippen LogP contribution in [0.15, 0.2) is 28.7 Å². The number of rotatable bonds is 3. The third kappa shape index (κ3) is 3.17. The first kappa shape index (κ1) is 11.9. The Morgan fingerprint density at radius 2 is 2.35 bits per heavy atom. The summed E-state index contributed by atoms with van der Waals surface area (Å²) in [4.78, 5) is 8.49. The monoisotopic (exact) mass is 248 g/mol. The Balaban J connectivity index is 2.09. The summed E-state index contributed by atoms with van der Waals surface area (Å²) >= 11 is 1.62. The van der Waals surface area contributed by atoms with Crippen molar-refractivity contribution in [2.24, 2.45) is 16.6 Å². The second kappa shape index (κ2) is 5.14. The lowest BCUT2D eigenvalue weighted by Gasteiger charge is -2.06. The van der Waals surface area contributed by atoms with Crippen LogP contribution in [-0.4, -0.2) is 17.5 Å². The molecule has 0 aliphatic carbocycles. The van der Waals surface area contributed by atoms with Gasteiger partial charge in [0.25, 0.3) is 0 Å². The lowest BCUT2D eigenvalue weighted by Crippen LogP contribution is -2.23. The van der Waals surface area contributed by atoms with Gasteiger partial charge in [0.1, 0.15) is 0 Å². The molecule has 2 aromatic rings. The first-order valence-corrected chi connectivity index (χ1v) is 6.43. The van der Waals surface area contributed by atoms with E-state index in [9.17, 15) is 0 Å². The fraction of sp³-hybridized carbons (Fsp3) is 0.333. The number of hydrogen-bond acceptors (Lipinski definition) is 3. The molecule has 0 amide bonds. The van der Waals surface area contributed by atoms with E-state index >= 15 is 0 Å². The minimum Gasteiger partial charge on any atom is -0.370 e. The largest absolute Gasteiger partial charge is 0.370 e. The molecule has 90 valence electrons. The Hall–Kier alpha value is -1.62. The van der Waals surface area contributed by atoms with Crippen molar-refractivity contribution in [3.05, 3.63) is 23.7 Å². The maximum atomic E-state index is 5.80. The van der Waals surface area contributed by atoms with Crippen molar-refractivity contribution in [1.29, 1.82) is 0 Å². The predicted octanol–water partition coefficient (Wildman–Crippen LogP) is 2.68. The lowest BCUT2D eigenvalue weighted by atomic mass is 10.2. The van der Waals surface area contributed by atoms with Gasteiger partial charge in [-0.3, -0.25) is 4.99 Å². The molecular formula is C12H16N4S. The highest BCUT2D eigenvalue weighted by molar-refractivity contribution is 7.16. The van der Waals surface area contributed by atoms with Crippen LogP contribution < -0.4 is 11.1 Å². The van der Waals surface area contributed by atoms with Crippen LogP contribution in [-0.2, 0) is 0 Å². The normalized spacial score (nSPS) is 12.3. The maximum absolute atomic E-state index is 5.80. The number of aliphatic imine (C=N–C) groups is 1. The zero-order chi connectivity index (χ0) is 12.3. The van der Waals surface area contributed by atoms with Gasteiger partial charge in [-0.05, 0) is 24.1 Å². The second-order valence-electron chi connectivity index (χ2n) is 4.28. The average molecular weight is 248 g/mol. The van der Waals surface area contributed by atoms with Crippen LogP contribution in [0.4, 0.5) is 5.69 Å². The van der Waals surface area contributed by atoms with Crippen LogP contribution in [0.1, 0.15) is 13.8 Å². The van der Waals surface area contributed by atoms with Gasteiger partial charge in [0.2, 0.25) is 0 Å². The zero-order valence-corrected chi connectivity index (χ0v) is 10.8. The molecule has 1 aromatic heterocycles. The molecule has 0 spiro atoms. The van der Waals surface area contributed by atoms with E-state index in [2.05, 4.69) is 29.1 Å². The molecule has 0 atom stereocenters. The third-order valence-corrected chi connectivity index (χ3v) is 3.02. The maximum Gasteiger partial charge on any atom is 0.193 e. The number of aromatic nitrogens is 1. The van der Waals surface area contributed by atoms with E-state index in [-0.39, 0.29) is 0 Å². The first-order valence-electron chi connectivity index (χ1n) is 5.55. The SMILES string of the molecule is CC(C)CN=C(N)Nc1ccc2ncsc2c1. The molecule has 1 aromatic carbocycles. The van der Waals surface area contributed by atoms with E-state index in [1.165, 1.54) is 0 Å². The highest BCUT2D eigenvalue weighted by Gasteiger charge is 2.00. The van der Waals surface area contributed by atoms with Crippen LogP contribution in [0.5, 0.6) is 0 Å². The van der Waals surface area contributed by atoms with E-state index < -0.39 is 0 Å². The van der Waals surface area contributed by atoms with E-state index in [0.29, 0.717) is 11.9 Å². The molecule has 1 heterocycles. The summed E-state index contributed by atoms with van der Waals surface area (Å²) in [5, 5.41) is 3.09. The Kier molecular flexibility index (Phi) is 3.58. The number of anilines is 1. The number of hydrogen-bond donors (Lipinski definition) is 2. The Bertz CT molecular complexity index is 530. The smallest absolute Gasteiger partial charge is 0.193 e. The summed E-state index contributed by atoms with van der Waals surface area (Å²) < 4.78 is 1.15. The van der Waals surface area contributed by atoms with E-state index in [0.717, 1.165) is 22.4 Å². The number of nitrogens with zero attached hydrogens (tertiary/aromatic N) is 2. The number of benzene rings is 1. The van der Waals surface area contributed by atoms with Crippen LogP contribution >= 0.6 is 11.3 Å². The fourth-order valence-electron chi connectivity index (χ4n) is 1.40. The van der Waals surface area contributed by atoms with Gasteiger partial charge in [-0.2, -0.15) is 0 Å². The van der Waals surface area contributed by atoms with Crippen molar-refractivity contribution in [2.75, 3.05) is 11.9 Å². The number of fused-ring (bicyclic) bond motifs is 1. The predicted molar refractivity (Wildman–Crippen MR) is 74.6 cm³/mol. The second-order valence-corrected chi connectivity index (χ2v) is 5.17. The summed E-state index contributed by atoms with van der Waals surface area (Å²) in [7, 11) is 0. The number of nitrogens with two attached hydrogens (primary N) is 1. The molecule has 3 N–H and O–H groups in total. The quantitative estimate of drug-likeness (QED) is 0.648. The molecule has 0 aliphatic rings. The molecule has 0 unspecified atom stereocenters. The van der Waals surface area contributed by atoms with Crippen molar-refractivity contribution in [3.63, 3.8) is 0 Å². The molecule has 0 saturated carbocycles. The van der Waals surface area contributed by atoms with Crippen molar-refractivity contribution < 1.29 is 0 Å². The van der Waals surface area contributed by atoms with Crippen LogP contribution in [0.25, 0.3) is 10.2 Å². The third-order valence-electron chi connectivity index (χ3n) is 2.23. The van der Waals surface area contributed by atoms with Gasteiger partial charge in [0.15, 0.2) is 5.96 Å². The molecule has 17 heavy (non-hydrogen) atoms. The highest BCUT2D eigenvalue weighted by Crippen LogP contribution is 2.21. The van der Waals surface area contributed by atoms with Gasteiger partial charge in [0.05, 0.1) is 15.7 Å². The van der Waals surface area contributed by atoms with Gasteiger partial charge < -0.3 is 11.1 Å². The molecule has 5 heteroatoms. The Morgan fingerprint density at radius 3 is 3.12 bits per heavy atom. The number of thiazole rings is 1. The standard InChI is InChI=1S/C12H16N4S/c1-8(2)6-14-12(13)16-9-3-4-10-11(5-9)17-7-15-10/h3-5,7-8H,6H2,1-2H3,(H3,13,14,16). The average Bonchev–Trinajstić information content (AvgIpc) is 2.73. The molecule has 4 nitrogen and oxygen atoms in total. The van der Waals surface area contributed by atoms with Gasteiger partial charge in [-0.15, -0.1) is 11.3 Å². The molecule has 2 rings (SSSR count). The molecule has 0 radical (unpaired) electrons. The molecule has 0 bridgehead atoms. The van der Waals surface area contributed by atoms with Gasteiger partial charge in [0, 0.05) is 12.2 Å². The van der Waals surface area contributed by atoms with Gasteiger partial charge in [-0.25, -0.2) is 4.98 Å². The van der Waals surface area contributed by atoms with Crippen molar-refractivity contribution >= 4 is 33.2 Å². The highest BCUT2D eigenvalue weighted by atomic mass is 32.1. The van der Waals surface area contributed by atoms with Crippen molar-refractivity contribution in [1.82, 2.24) is 4.98 Å². The van der Waals surface area contributed by atoms with E-state index in [4.69, 9.17) is 5.73 Å². The lowest BCUT2D eigenvalue weighted by molar-refractivity contribution is 0.665. The van der Waals surface area contributed by atoms with Crippen molar-refractivity contribution in [3.8, 4) is 0 Å². The molecule has 0 fully saturated rings. The van der Waals surface area contributed by atoms with Crippen LogP contribution in [0, 0.1) is 5.92 Å². The minimum absolute atomic E-state index is 0.461. The number of nitrogens with one attached hydrogen (secondary N) is 1. The first-order chi connectivity index (χ1) is 8.15. The Labute approximate surface area is 105 Å². The van der Waals surface area contributed by atoms with Crippen LogP contribution in [0.2, 0.25) is 0 Å². The zero-order valence-electron chi connectivity index (χ0n) is 9.97. The topological polar surface area (TPSA) is 63.3 Å². The molecule has 0 aliphatic heterocycles. The Morgan fingerprint density at radius 1 is 1.53 bits per heavy atom. The van der Waals surface area contributed by atoms with Gasteiger partial charge in [-0.1, -0.05) is 13.8 Å². The number of guanidine groups is 1. The molecular weight excluding hydrogens is 232 g/mol.